The third-order valence-corrected chi connectivity index (χ3v) is 2.94. The fourth-order valence-electron chi connectivity index (χ4n) is 1.98. The number of nitrogen functional groups attached to an aromatic ring is 1. The molecule has 3 N–H and O–H groups in total. The minimum absolute atomic E-state index is 0.0414. The molecule has 0 unspecified atom stereocenters. The van der Waals surface area contributed by atoms with Gasteiger partial charge in [0.2, 0.25) is 0 Å². The lowest BCUT2D eigenvalue weighted by atomic mass is 10.1. The Balaban J connectivity index is 2.75. The molecule has 1 aromatic rings. The molecule has 19 heavy (non-hydrogen) atoms. The topological polar surface area (TPSA) is 69.2 Å². The molecule has 0 amide bonds. The van der Waals surface area contributed by atoms with Crippen LogP contribution in [0.5, 0.6) is 0 Å². The van der Waals surface area contributed by atoms with Crippen LogP contribution >= 0.6 is 0 Å². The molecule has 0 spiro atoms. The molecular formula is C14H25N5. The van der Waals surface area contributed by atoms with Crippen LogP contribution in [0.1, 0.15) is 24.6 Å². The molecule has 5 nitrogen and oxygen atoms in total. The first-order valence-corrected chi connectivity index (χ1v) is 6.70. The zero-order valence-corrected chi connectivity index (χ0v) is 12.2. The predicted molar refractivity (Wildman–Crippen MR) is 79.4 cm³/mol. The monoisotopic (exact) mass is 263 g/mol. The van der Waals surface area contributed by atoms with Crippen molar-refractivity contribution in [2.45, 2.75) is 19.9 Å². The summed E-state index contributed by atoms with van der Waals surface area (Å²) >= 11 is 0. The normalized spacial score (nSPS) is 11.2. The van der Waals surface area contributed by atoms with Crippen LogP contribution in [0, 0.1) is 5.41 Å². The van der Waals surface area contributed by atoms with E-state index in [1.54, 1.807) is 6.20 Å². The average Bonchev–Trinajstić information content (AvgIpc) is 2.36. The van der Waals surface area contributed by atoms with E-state index in [0.29, 0.717) is 5.69 Å². The predicted octanol–water partition coefficient (Wildman–Crippen LogP) is 1.14. The lowest BCUT2D eigenvalue weighted by Gasteiger charge is -2.24. The molecule has 1 aromatic heterocycles. The van der Waals surface area contributed by atoms with Crippen LogP contribution in [0.25, 0.3) is 0 Å². The van der Waals surface area contributed by atoms with Gasteiger partial charge in [0.15, 0.2) is 0 Å². The van der Waals surface area contributed by atoms with E-state index in [0.717, 1.165) is 38.2 Å². The summed E-state index contributed by atoms with van der Waals surface area (Å²) in [5.41, 5.74) is 7.22. The van der Waals surface area contributed by atoms with Crippen molar-refractivity contribution in [3.05, 3.63) is 29.6 Å². The SMILES string of the molecule is CCCN(CCN(C)C)Cc1cccnc1C(=N)N. The van der Waals surface area contributed by atoms with E-state index in [1.807, 2.05) is 12.1 Å². The van der Waals surface area contributed by atoms with Crippen molar-refractivity contribution in [2.24, 2.45) is 5.73 Å². The Labute approximate surface area is 115 Å². The van der Waals surface area contributed by atoms with Crippen molar-refractivity contribution in [1.82, 2.24) is 14.8 Å². The number of amidine groups is 1. The second kappa shape index (κ2) is 7.86. The van der Waals surface area contributed by atoms with Crippen molar-refractivity contribution in [2.75, 3.05) is 33.7 Å². The van der Waals surface area contributed by atoms with Gasteiger partial charge < -0.3 is 10.6 Å². The lowest BCUT2D eigenvalue weighted by Crippen LogP contribution is -2.32. The molecule has 0 aliphatic heterocycles. The van der Waals surface area contributed by atoms with Gasteiger partial charge in [-0.15, -0.1) is 0 Å². The number of rotatable bonds is 8. The maximum absolute atomic E-state index is 7.58. The zero-order valence-electron chi connectivity index (χ0n) is 12.2. The molecule has 0 aliphatic rings. The van der Waals surface area contributed by atoms with E-state index in [1.165, 1.54) is 0 Å². The van der Waals surface area contributed by atoms with E-state index < -0.39 is 0 Å². The number of aromatic nitrogens is 1. The molecule has 106 valence electrons. The zero-order chi connectivity index (χ0) is 14.3. The van der Waals surface area contributed by atoms with Crippen LogP contribution < -0.4 is 5.73 Å². The van der Waals surface area contributed by atoms with Gasteiger partial charge in [-0.25, -0.2) is 0 Å². The molecule has 0 aromatic carbocycles. The summed E-state index contributed by atoms with van der Waals surface area (Å²) < 4.78 is 0. The smallest absolute Gasteiger partial charge is 0.142 e. The number of nitrogens with one attached hydrogen (secondary N) is 1. The lowest BCUT2D eigenvalue weighted by molar-refractivity contribution is 0.233. The number of hydrogen-bond acceptors (Lipinski definition) is 4. The highest BCUT2D eigenvalue weighted by atomic mass is 15.2. The minimum atomic E-state index is 0.0414. The number of likely N-dealkylation sites (N-methyl/N-ethyl adjacent to an activating group) is 1. The molecule has 0 saturated carbocycles. The first kappa shape index (κ1) is 15.6. The highest BCUT2D eigenvalue weighted by Gasteiger charge is 2.11. The highest BCUT2D eigenvalue weighted by molar-refractivity contribution is 5.94. The summed E-state index contributed by atoms with van der Waals surface area (Å²) in [7, 11) is 4.16. The van der Waals surface area contributed by atoms with E-state index in [9.17, 15) is 0 Å². The van der Waals surface area contributed by atoms with Gasteiger partial charge in [0.1, 0.15) is 11.5 Å². The molecule has 0 bridgehead atoms. The third-order valence-electron chi connectivity index (χ3n) is 2.94. The summed E-state index contributed by atoms with van der Waals surface area (Å²) in [6.45, 7) is 6.05. The fourth-order valence-corrected chi connectivity index (χ4v) is 1.98. The maximum Gasteiger partial charge on any atom is 0.142 e. The Morgan fingerprint density at radius 1 is 1.32 bits per heavy atom. The molecule has 0 fully saturated rings. The Morgan fingerprint density at radius 3 is 2.63 bits per heavy atom. The van der Waals surface area contributed by atoms with Crippen LogP contribution in [-0.4, -0.2) is 54.3 Å². The summed E-state index contributed by atoms with van der Waals surface area (Å²) in [6.07, 6.45) is 2.80. The van der Waals surface area contributed by atoms with Crippen molar-refractivity contribution < 1.29 is 0 Å². The summed E-state index contributed by atoms with van der Waals surface area (Å²) in [6, 6.07) is 3.90. The van der Waals surface area contributed by atoms with Gasteiger partial charge in [-0.05, 0) is 38.7 Å². The van der Waals surface area contributed by atoms with Crippen LogP contribution in [0.4, 0.5) is 0 Å². The van der Waals surface area contributed by atoms with Crippen molar-refractivity contribution >= 4 is 5.84 Å². The molecule has 0 atom stereocenters. The first-order chi connectivity index (χ1) is 9.04. The quantitative estimate of drug-likeness (QED) is 0.545. The summed E-state index contributed by atoms with van der Waals surface area (Å²) in [5.74, 6) is 0.0414. The molecule has 0 radical (unpaired) electrons. The largest absolute Gasteiger partial charge is 0.382 e. The van der Waals surface area contributed by atoms with Gasteiger partial charge in [-0.2, -0.15) is 0 Å². The van der Waals surface area contributed by atoms with Gasteiger partial charge in [0.25, 0.3) is 0 Å². The Morgan fingerprint density at radius 2 is 2.05 bits per heavy atom. The van der Waals surface area contributed by atoms with Crippen LogP contribution in [0.2, 0.25) is 0 Å². The number of nitrogens with zero attached hydrogens (tertiary/aromatic N) is 3. The first-order valence-electron chi connectivity index (χ1n) is 6.70. The maximum atomic E-state index is 7.58. The Hall–Kier alpha value is -1.46. The fraction of sp³-hybridized carbons (Fsp3) is 0.571. The van der Waals surface area contributed by atoms with Crippen molar-refractivity contribution in [3.63, 3.8) is 0 Å². The summed E-state index contributed by atoms with van der Waals surface area (Å²) in [4.78, 5) is 8.76. The van der Waals surface area contributed by atoms with Gasteiger partial charge in [-0.3, -0.25) is 15.3 Å². The number of pyridine rings is 1. The van der Waals surface area contributed by atoms with Crippen molar-refractivity contribution in [1.29, 1.82) is 5.41 Å². The number of nitrogens with two attached hydrogens (primary N) is 1. The second-order valence-electron chi connectivity index (χ2n) is 5.00. The van der Waals surface area contributed by atoms with Crippen molar-refractivity contribution in [3.8, 4) is 0 Å². The van der Waals surface area contributed by atoms with Crippen LogP contribution in [-0.2, 0) is 6.54 Å². The van der Waals surface area contributed by atoms with Gasteiger partial charge in [0, 0.05) is 25.8 Å². The van der Waals surface area contributed by atoms with E-state index in [-0.39, 0.29) is 5.84 Å². The second-order valence-corrected chi connectivity index (χ2v) is 5.00. The molecule has 5 heteroatoms. The van der Waals surface area contributed by atoms with E-state index >= 15 is 0 Å². The van der Waals surface area contributed by atoms with Gasteiger partial charge >= 0.3 is 0 Å². The van der Waals surface area contributed by atoms with Crippen LogP contribution in [0.3, 0.4) is 0 Å². The molecule has 0 aliphatic carbocycles. The van der Waals surface area contributed by atoms with Gasteiger partial charge in [-0.1, -0.05) is 13.0 Å². The molecule has 1 rings (SSSR count). The van der Waals surface area contributed by atoms with Crippen LogP contribution in [0.15, 0.2) is 18.3 Å². The summed E-state index contributed by atoms with van der Waals surface area (Å²) in [5, 5.41) is 7.58. The minimum Gasteiger partial charge on any atom is -0.382 e. The third kappa shape index (κ3) is 5.36. The molecular weight excluding hydrogens is 238 g/mol. The standard InChI is InChI=1S/C14H25N5/c1-4-8-19(10-9-18(2)3)11-12-6-5-7-17-13(12)14(15)16/h5-7H,4,8-11H2,1-3H3,(H3,15,16). The van der Waals surface area contributed by atoms with E-state index in [2.05, 4.69) is 35.8 Å². The Bertz CT molecular complexity index is 403. The highest BCUT2D eigenvalue weighted by Crippen LogP contribution is 2.09. The number of hydrogen-bond donors (Lipinski definition) is 2. The molecule has 1 heterocycles. The van der Waals surface area contributed by atoms with E-state index in [4.69, 9.17) is 11.1 Å². The molecule has 0 saturated heterocycles. The Kier molecular flexibility index (Phi) is 6.45. The van der Waals surface area contributed by atoms with Gasteiger partial charge in [0.05, 0.1) is 0 Å². The average molecular weight is 263 g/mol.